The van der Waals surface area contributed by atoms with Crippen LogP contribution in [0.1, 0.15) is 258 Å². The molecule has 0 saturated heterocycles. The van der Waals surface area contributed by atoms with Crippen LogP contribution >= 0.6 is 0 Å². The van der Waals surface area contributed by atoms with Crippen LogP contribution in [0.5, 0.6) is 0 Å². The number of rotatable bonds is 46. The van der Waals surface area contributed by atoms with Gasteiger partial charge in [-0.15, -0.1) is 0 Å². The molecule has 0 aromatic heterocycles. The fourth-order valence-corrected chi connectivity index (χ4v) is 7.19. The van der Waals surface area contributed by atoms with Crippen molar-refractivity contribution < 1.29 is 28.6 Å². The van der Waals surface area contributed by atoms with Crippen molar-refractivity contribution in [3.63, 3.8) is 0 Å². The fourth-order valence-electron chi connectivity index (χ4n) is 7.19. The highest BCUT2D eigenvalue weighted by atomic mass is 16.6. The molecule has 0 saturated carbocycles. The van der Waals surface area contributed by atoms with E-state index in [0.29, 0.717) is 19.3 Å². The van der Waals surface area contributed by atoms with Crippen molar-refractivity contribution in [1.82, 2.24) is 0 Å². The van der Waals surface area contributed by atoms with Crippen LogP contribution in [0, 0.1) is 0 Å². The lowest BCUT2D eigenvalue weighted by Gasteiger charge is -2.18. The standard InChI is InChI=1S/C54H96O6/c1-4-7-10-13-16-19-22-24-25-26-27-28-30-32-35-38-41-44-47-53(56)59-50-51(49-58-52(55)46-43-40-37-34-31-21-18-15-12-9-6-3)60-54(57)48-45-42-39-36-33-29-23-20-17-14-11-8-5-2/h15,18,22,24-28,51H,4-14,16-17,19-21,23,29-50H2,1-3H3/b18-15-,24-22-,26-25-,28-27-. The van der Waals surface area contributed by atoms with Crippen LogP contribution in [0.15, 0.2) is 48.6 Å². The molecule has 60 heavy (non-hydrogen) atoms. The molecule has 0 aliphatic heterocycles. The molecule has 6 heteroatoms. The van der Waals surface area contributed by atoms with Gasteiger partial charge in [-0.05, 0) is 64.2 Å². The van der Waals surface area contributed by atoms with Gasteiger partial charge in [0.05, 0.1) is 0 Å². The van der Waals surface area contributed by atoms with Gasteiger partial charge in [-0.2, -0.15) is 0 Å². The summed E-state index contributed by atoms with van der Waals surface area (Å²) >= 11 is 0. The Morgan fingerprint density at radius 3 is 1.02 bits per heavy atom. The van der Waals surface area contributed by atoms with E-state index < -0.39 is 6.10 Å². The third-order valence-corrected chi connectivity index (χ3v) is 11.1. The Hall–Kier alpha value is -2.63. The lowest BCUT2D eigenvalue weighted by atomic mass is 10.0. The van der Waals surface area contributed by atoms with E-state index in [1.807, 2.05) is 0 Å². The average Bonchev–Trinajstić information content (AvgIpc) is 3.24. The highest BCUT2D eigenvalue weighted by Gasteiger charge is 2.19. The smallest absolute Gasteiger partial charge is 0.306 e. The molecular weight excluding hydrogens is 745 g/mol. The zero-order valence-corrected chi connectivity index (χ0v) is 39.7. The molecule has 0 radical (unpaired) electrons. The number of carbonyl (C=O) groups excluding carboxylic acids is 3. The normalized spacial score (nSPS) is 12.4. The van der Waals surface area contributed by atoms with Crippen molar-refractivity contribution in [3.05, 3.63) is 48.6 Å². The molecular formula is C54H96O6. The average molecular weight is 841 g/mol. The van der Waals surface area contributed by atoms with Crippen LogP contribution in [0.4, 0.5) is 0 Å². The van der Waals surface area contributed by atoms with Gasteiger partial charge in [0, 0.05) is 19.3 Å². The van der Waals surface area contributed by atoms with E-state index in [2.05, 4.69) is 69.4 Å². The zero-order chi connectivity index (χ0) is 43.7. The molecule has 0 N–H and O–H groups in total. The Morgan fingerprint density at radius 1 is 0.333 bits per heavy atom. The SMILES string of the molecule is CCCC/C=C\CCCCCCCC(=O)OCC(COC(=O)CCCCCCC\C=C/C=C\C=C/CCCCCCC)OC(=O)CCCCCCCCCCCCCCC. The Morgan fingerprint density at radius 2 is 0.633 bits per heavy atom. The Balaban J connectivity index is 4.38. The van der Waals surface area contributed by atoms with E-state index in [4.69, 9.17) is 14.2 Å². The van der Waals surface area contributed by atoms with Gasteiger partial charge in [-0.3, -0.25) is 14.4 Å². The summed E-state index contributed by atoms with van der Waals surface area (Å²) in [4.78, 5) is 37.9. The van der Waals surface area contributed by atoms with Crippen LogP contribution in [0.3, 0.4) is 0 Å². The van der Waals surface area contributed by atoms with E-state index >= 15 is 0 Å². The Bertz CT molecular complexity index is 1060. The van der Waals surface area contributed by atoms with Gasteiger partial charge in [-0.1, -0.05) is 223 Å². The maximum absolute atomic E-state index is 12.8. The molecule has 0 aromatic carbocycles. The lowest BCUT2D eigenvalue weighted by Crippen LogP contribution is -2.30. The second-order valence-corrected chi connectivity index (χ2v) is 17.1. The minimum absolute atomic E-state index is 0.0824. The maximum atomic E-state index is 12.8. The first-order chi connectivity index (χ1) is 29.5. The molecule has 1 atom stereocenters. The molecule has 6 nitrogen and oxygen atoms in total. The first-order valence-corrected chi connectivity index (χ1v) is 25.7. The number of allylic oxidation sites excluding steroid dienone is 8. The van der Waals surface area contributed by atoms with Gasteiger partial charge >= 0.3 is 17.9 Å². The van der Waals surface area contributed by atoms with Gasteiger partial charge < -0.3 is 14.2 Å². The molecule has 0 heterocycles. The van der Waals surface area contributed by atoms with Crippen molar-refractivity contribution in [1.29, 1.82) is 0 Å². The third kappa shape index (κ3) is 46.4. The number of carbonyl (C=O) groups is 3. The fraction of sp³-hybridized carbons (Fsp3) is 0.796. The monoisotopic (exact) mass is 841 g/mol. The van der Waals surface area contributed by atoms with Crippen LogP contribution in [-0.4, -0.2) is 37.2 Å². The lowest BCUT2D eigenvalue weighted by molar-refractivity contribution is -0.167. The summed E-state index contributed by atoms with van der Waals surface area (Å²) in [5.74, 6) is -0.905. The van der Waals surface area contributed by atoms with Gasteiger partial charge in [0.25, 0.3) is 0 Å². The molecule has 1 unspecified atom stereocenters. The van der Waals surface area contributed by atoms with Crippen molar-refractivity contribution in [3.8, 4) is 0 Å². The summed E-state index contributed by atoms with van der Waals surface area (Å²) < 4.78 is 16.8. The molecule has 0 fully saturated rings. The predicted molar refractivity (Wildman–Crippen MR) is 256 cm³/mol. The number of ether oxygens (including phenoxy) is 3. The molecule has 0 aromatic rings. The quantitative estimate of drug-likeness (QED) is 0.0200. The topological polar surface area (TPSA) is 78.9 Å². The van der Waals surface area contributed by atoms with Gasteiger partial charge in [0.1, 0.15) is 13.2 Å². The van der Waals surface area contributed by atoms with E-state index in [1.54, 1.807) is 0 Å². The summed E-state index contributed by atoms with van der Waals surface area (Å²) in [7, 11) is 0. The molecule has 348 valence electrons. The first kappa shape index (κ1) is 57.4. The van der Waals surface area contributed by atoms with Crippen LogP contribution in [-0.2, 0) is 28.6 Å². The van der Waals surface area contributed by atoms with Gasteiger partial charge in [-0.25, -0.2) is 0 Å². The number of unbranched alkanes of at least 4 members (excludes halogenated alkanes) is 29. The van der Waals surface area contributed by atoms with Crippen molar-refractivity contribution in [2.45, 2.75) is 264 Å². The third-order valence-electron chi connectivity index (χ3n) is 11.1. The van der Waals surface area contributed by atoms with Gasteiger partial charge in [0.15, 0.2) is 6.10 Å². The number of esters is 3. The van der Waals surface area contributed by atoms with Crippen LogP contribution < -0.4 is 0 Å². The van der Waals surface area contributed by atoms with Crippen molar-refractivity contribution in [2.75, 3.05) is 13.2 Å². The highest BCUT2D eigenvalue weighted by molar-refractivity contribution is 5.71. The van der Waals surface area contributed by atoms with Crippen molar-refractivity contribution >= 4 is 17.9 Å². The summed E-state index contributed by atoms with van der Waals surface area (Å²) in [6.07, 6.45) is 58.0. The summed E-state index contributed by atoms with van der Waals surface area (Å²) in [5.41, 5.74) is 0. The molecule has 0 aliphatic carbocycles. The maximum Gasteiger partial charge on any atom is 0.306 e. The van der Waals surface area contributed by atoms with E-state index in [0.717, 1.165) is 83.5 Å². The molecule has 0 spiro atoms. The molecule has 0 rings (SSSR count). The Labute approximate surface area is 371 Å². The predicted octanol–water partition coefficient (Wildman–Crippen LogP) is 16.7. The van der Waals surface area contributed by atoms with Gasteiger partial charge in [0.2, 0.25) is 0 Å². The second-order valence-electron chi connectivity index (χ2n) is 17.1. The second kappa shape index (κ2) is 49.0. The first-order valence-electron chi connectivity index (χ1n) is 25.7. The Kier molecular flexibility index (Phi) is 46.9. The number of hydrogen-bond acceptors (Lipinski definition) is 6. The van der Waals surface area contributed by atoms with E-state index in [-0.39, 0.29) is 31.1 Å². The molecule has 0 amide bonds. The van der Waals surface area contributed by atoms with Crippen LogP contribution in [0.2, 0.25) is 0 Å². The van der Waals surface area contributed by atoms with E-state index in [1.165, 1.54) is 135 Å². The van der Waals surface area contributed by atoms with E-state index in [9.17, 15) is 14.4 Å². The molecule has 0 aliphatic rings. The summed E-state index contributed by atoms with van der Waals surface area (Å²) in [6, 6.07) is 0. The summed E-state index contributed by atoms with van der Waals surface area (Å²) in [5, 5.41) is 0. The van der Waals surface area contributed by atoms with Crippen molar-refractivity contribution in [2.24, 2.45) is 0 Å². The molecule has 0 bridgehead atoms. The minimum Gasteiger partial charge on any atom is -0.462 e. The summed E-state index contributed by atoms with van der Waals surface area (Å²) in [6.45, 7) is 6.57. The largest absolute Gasteiger partial charge is 0.462 e. The minimum atomic E-state index is -0.781. The number of hydrogen-bond donors (Lipinski definition) is 0. The highest BCUT2D eigenvalue weighted by Crippen LogP contribution is 2.15. The zero-order valence-electron chi connectivity index (χ0n) is 39.7. The van der Waals surface area contributed by atoms with Crippen LogP contribution in [0.25, 0.3) is 0 Å².